The molecule has 150 valence electrons. The van der Waals surface area contributed by atoms with E-state index < -0.39 is 11.6 Å². The molecule has 0 bridgehead atoms. The molecule has 0 nitrogen and oxygen atoms in total. The molecule has 0 amide bonds. The van der Waals surface area contributed by atoms with Crippen molar-refractivity contribution in [2.75, 3.05) is 0 Å². The fraction of sp³-hybridized carbons (Fsp3) is 0.0769. The van der Waals surface area contributed by atoms with Crippen molar-refractivity contribution in [1.29, 1.82) is 0 Å². The Balaban J connectivity index is 1.62. The molecule has 0 atom stereocenters. The fourth-order valence-corrected chi connectivity index (χ4v) is 3.52. The molecule has 0 aliphatic carbocycles. The summed E-state index contributed by atoms with van der Waals surface area (Å²) in [4.78, 5) is 0. The first-order chi connectivity index (χ1) is 14.4. The summed E-state index contributed by atoms with van der Waals surface area (Å²) in [6.07, 6.45) is 0. The third kappa shape index (κ3) is 3.99. The van der Waals surface area contributed by atoms with Gasteiger partial charge < -0.3 is 0 Å². The van der Waals surface area contributed by atoms with Gasteiger partial charge in [-0.3, -0.25) is 0 Å². The van der Waals surface area contributed by atoms with Crippen molar-refractivity contribution in [3.8, 4) is 22.3 Å². The highest BCUT2D eigenvalue weighted by atomic mass is 19.1. The molecular weight excluding hydrogens is 388 g/mol. The van der Waals surface area contributed by atoms with Crippen LogP contribution in [0.25, 0.3) is 22.3 Å². The largest absolute Gasteiger partial charge is 0.207 e. The van der Waals surface area contributed by atoms with E-state index in [0.29, 0.717) is 33.4 Å². The summed E-state index contributed by atoms with van der Waals surface area (Å²) in [6, 6.07) is 21.0. The summed E-state index contributed by atoms with van der Waals surface area (Å²) >= 11 is 0. The van der Waals surface area contributed by atoms with Gasteiger partial charge in [-0.1, -0.05) is 55.5 Å². The van der Waals surface area contributed by atoms with E-state index in [0.717, 1.165) is 0 Å². The molecule has 0 heterocycles. The van der Waals surface area contributed by atoms with Gasteiger partial charge in [0, 0.05) is 17.0 Å². The summed E-state index contributed by atoms with van der Waals surface area (Å²) in [5.41, 5.74) is 3.33. The van der Waals surface area contributed by atoms with Gasteiger partial charge in [0.05, 0.1) is 0 Å². The van der Waals surface area contributed by atoms with Crippen LogP contribution >= 0.6 is 0 Å². The van der Waals surface area contributed by atoms with Gasteiger partial charge in [0.1, 0.15) is 23.3 Å². The molecule has 0 unspecified atom stereocenters. The lowest BCUT2D eigenvalue weighted by Gasteiger charge is -2.15. The molecule has 0 aromatic heterocycles. The maximum absolute atomic E-state index is 14.7. The molecule has 4 aromatic carbocycles. The lowest BCUT2D eigenvalue weighted by Crippen LogP contribution is -1.99. The average molecular weight is 406 g/mol. The second-order valence-electron chi connectivity index (χ2n) is 7.21. The summed E-state index contributed by atoms with van der Waals surface area (Å²) in [5, 5.41) is 0. The molecule has 4 rings (SSSR count). The molecule has 0 aliphatic heterocycles. The summed E-state index contributed by atoms with van der Waals surface area (Å²) in [7, 11) is 0. The number of halogens is 4. The Bertz CT molecular complexity index is 1080. The van der Waals surface area contributed by atoms with Crippen molar-refractivity contribution >= 4 is 0 Å². The Labute approximate surface area is 172 Å². The predicted octanol–water partition coefficient (Wildman–Crippen LogP) is 7.73. The summed E-state index contributed by atoms with van der Waals surface area (Å²) in [5.74, 6) is -1.84. The monoisotopic (exact) mass is 406 g/mol. The van der Waals surface area contributed by atoms with Gasteiger partial charge in [0.15, 0.2) is 0 Å². The Hall–Kier alpha value is -3.40. The van der Waals surface area contributed by atoms with E-state index in [1.165, 1.54) is 60.7 Å². The molecule has 30 heavy (non-hydrogen) atoms. The number of benzene rings is 4. The molecule has 4 aromatic rings. The van der Waals surface area contributed by atoms with E-state index in [9.17, 15) is 17.6 Å². The van der Waals surface area contributed by atoms with Crippen molar-refractivity contribution in [3.05, 3.63) is 119 Å². The molecule has 0 saturated carbocycles. The van der Waals surface area contributed by atoms with Crippen molar-refractivity contribution < 1.29 is 17.6 Å². The van der Waals surface area contributed by atoms with E-state index in [-0.39, 0.29) is 17.6 Å². The SMILES string of the molecule is CC(c1ccc(-c2ccc(F)cc2)c(F)c1)c1ccc(-c2ccc(F)cc2)c(F)c1. The molecule has 0 saturated heterocycles. The Morgan fingerprint density at radius 3 is 1.20 bits per heavy atom. The van der Waals surface area contributed by atoms with Crippen LogP contribution in [-0.4, -0.2) is 0 Å². The van der Waals surface area contributed by atoms with Crippen LogP contribution in [-0.2, 0) is 0 Å². The van der Waals surface area contributed by atoms with Crippen molar-refractivity contribution in [1.82, 2.24) is 0 Å². The topological polar surface area (TPSA) is 0 Å². The van der Waals surface area contributed by atoms with Gasteiger partial charge >= 0.3 is 0 Å². The van der Waals surface area contributed by atoms with Gasteiger partial charge in [0.25, 0.3) is 0 Å². The second-order valence-corrected chi connectivity index (χ2v) is 7.21. The first-order valence-electron chi connectivity index (χ1n) is 9.53. The van der Waals surface area contributed by atoms with E-state index in [2.05, 4.69) is 0 Å². The summed E-state index contributed by atoms with van der Waals surface area (Å²) in [6.45, 7) is 1.87. The highest BCUT2D eigenvalue weighted by Crippen LogP contribution is 2.32. The highest BCUT2D eigenvalue weighted by molar-refractivity contribution is 5.66. The minimum Gasteiger partial charge on any atom is -0.207 e. The van der Waals surface area contributed by atoms with Crippen LogP contribution in [0.5, 0.6) is 0 Å². The zero-order valence-corrected chi connectivity index (χ0v) is 16.2. The van der Waals surface area contributed by atoms with Crippen molar-refractivity contribution in [2.24, 2.45) is 0 Å². The standard InChI is InChI=1S/C26H18F4/c1-16(19-6-12-23(25(29)14-19)17-2-8-21(27)9-3-17)20-7-13-24(26(30)15-20)18-4-10-22(28)11-5-18/h2-16H,1H3. The summed E-state index contributed by atoms with van der Waals surface area (Å²) < 4.78 is 55.6. The molecule has 4 heteroatoms. The maximum Gasteiger partial charge on any atom is 0.131 e. The van der Waals surface area contributed by atoms with E-state index >= 15 is 0 Å². The smallest absolute Gasteiger partial charge is 0.131 e. The van der Waals surface area contributed by atoms with Crippen molar-refractivity contribution in [2.45, 2.75) is 12.8 Å². The van der Waals surface area contributed by atoms with Crippen LogP contribution in [0.2, 0.25) is 0 Å². The van der Waals surface area contributed by atoms with E-state index in [4.69, 9.17) is 0 Å². The zero-order valence-electron chi connectivity index (χ0n) is 16.2. The molecule has 0 aliphatic rings. The zero-order chi connectivity index (χ0) is 21.3. The predicted molar refractivity (Wildman–Crippen MR) is 111 cm³/mol. The third-order valence-corrected chi connectivity index (χ3v) is 5.30. The maximum atomic E-state index is 14.7. The van der Waals surface area contributed by atoms with E-state index in [1.807, 2.05) is 6.92 Å². The van der Waals surface area contributed by atoms with Crippen LogP contribution in [0.4, 0.5) is 17.6 Å². The quantitative estimate of drug-likeness (QED) is 0.304. The second kappa shape index (κ2) is 8.15. The van der Waals surface area contributed by atoms with Crippen LogP contribution < -0.4 is 0 Å². The Morgan fingerprint density at radius 1 is 0.500 bits per heavy atom. The number of rotatable bonds is 4. The Morgan fingerprint density at radius 2 is 0.867 bits per heavy atom. The number of hydrogen-bond acceptors (Lipinski definition) is 0. The first kappa shape index (κ1) is 19.9. The number of hydrogen-bond donors (Lipinski definition) is 0. The minimum absolute atomic E-state index is 0.237. The fourth-order valence-electron chi connectivity index (χ4n) is 3.52. The van der Waals surface area contributed by atoms with E-state index in [1.54, 1.807) is 24.3 Å². The lowest BCUT2D eigenvalue weighted by molar-refractivity contribution is 0.622. The molecule has 0 N–H and O–H groups in total. The molecule has 0 fully saturated rings. The van der Waals surface area contributed by atoms with Crippen LogP contribution in [0.15, 0.2) is 84.9 Å². The van der Waals surface area contributed by atoms with Crippen molar-refractivity contribution in [3.63, 3.8) is 0 Å². The molecular formula is C26H18F4. The normalized spacial score (nSPS) is 11.1. The third-order valence-electron chi connectivity index (χ3n) is 5.30. The molecule has 0 spiro atoms. The van der Waals surface area contributed by atoms with Gasteiger partial charge in [-0.2, -0.15) is 0 Å². The van der Waals surface area contributed by atoms with Gasteiger partial charge in [-0.25, -0.2) is 17.6 Å². The van der Waals surface area contributed by atoms with Gasteiger partial charge in [-0.15, -0.1) is 0 Å². The lowest BCUT2D eigenvalue weighted by atomic mass is 9.90. The highest BCUT2D eigenvalue weighted by Gasteiger charge is 2.15. The first-order valence-corrected chi connectivity index (χ1v) is 9.53. The average Bonchev–Trinajstić information content (AvgIpc) is 2.74. The van der Waals surface area contributed by atoms with Gasteiger partial charge in [-0.05, 0) is 58.7 Å². The van der Waals surface area contributed by atoms with Crippen LogP contribution in [0.1, 0.15) is 24.0 Å². The van der Waals surface area contributed by atoms with Crippen LogP contribution in [0.3, 0.4) is 0 Å². The van der Waals surface area contributed by atoms with Crippen LogP contribution in [0, 0.1) is 23.3 Å². The molecule has 0 radical (unpaired) electrons. The minimum atomic E-state index is -0.422. The Kier molecular flexibility index (Phi) is 5.40. The van der Waals surface area contributed by atoms with Gasteiger partial charge in [0.2, 0.25) is 0 Å².